The molecule has 1 aliphatic rings. The van der Waals surface area contributed by atoms with Gasteiger partial charge in [-0.25, -0.2) is 4.79 Å². The van der Waals surface area contributed by atoms with Crippen LogP contribution < -0.4 is 0 Å². The Kier molecular flexibility index (Phi) is 6.94. The van der Waals surface area contributed by atoms with Crippen molar-refractivity contribution in [1.82, 2.24) is 4.90 Å². The average molecular weight is 317 g/mol. The standard InChI is InChI=1S/C20H31NO2/c1-4-5-7-11-16(2)12-10-15-21-17(3)19(23-20(21)22)18-13-8-6-9-14-18/h6,8-9,13-14,16-17,19H,4-5,7,10-12,15H2,1-3H3/t16-,17-,19-/m1/s1. The fourth-order valence-electron chi connectivity index (χ4n) is 3.39. The average Bonchev–Trinajstić information content (AvgIpc) is 2.84. The first kappa shape index (κ1) is 17.8. The maximum atomic E-state index is 12.2. The molecule has 0 radical (unpaired) electrons. The predicted octanol–water partition coefficient (Wildman–Crippen LogP) is 5.57. The molecule has 1 aromatic rings. The highest BCUT2D eigenvalue weighted by Crippen LogP contribution is 2.32. The Morgan fingerprint density at radius 2 is 1.83 bits per heavy atom. The van der Waals surface area contributed by atoms with Crippen molar-refractivity contribution in [3.63, 3.8) is 0 Å². The van der Waals surface area contributed by atoms with Crippen LogP contribution in [0.5, 0.6) is 0 Å². The van der Waals surface area contributed by atoms with E-state index in [1.807, 2.05) is 35.2 Å². The summed E-state index contributed by atoms with van der Waals surface area (Å²) in [5.41, 5.74) is 1.09. The fourth-order valence-corrected chi connectivity index (χ4v) is 3.39. The Balaban J connectivity index is 1.78. The monoisotopic (exact) mass is 317 g/mol. The lowest BCUT2D eigenvalue weighted by Gasteiger charge is -2.21. The van der Waals surface area contributed by atoms with Gasteiger partial charge in [0, 0.05) is 6.54 Å². The Morgan fingerprint density at radius 1 is 1.13 bits per heavy atom. The van der Waals surface area contributed by atoms with Crippen LogP contribution in [0.2, 0.25) is 0 Å². The van der Waals surface area contributed by atoms with Crippen molar-refractivity contribution in [3.8, 4) is 0 Å². The molecule has 3 atom stereocenters. The number of benzene rings is 1. The molecular weight excluding hydrogens is 286 g/mol. The molecule has 0 saturated carbocycles. The van der Waals surface area contributed by atoms with Crippen molar-refractivity contribution in [1.29, 1.82) is 0 Å². The first-order valence-corrected chi connectivity index (χ1v) is 9.15. The van der Waals surface area contributed by atoms with E-state index in [-0.39, 0.29) is 18.2 Å². The molecular formula is C20H31NO2. The van der Waals surface area contributed by atoms with E-state index in [1.54, 1.807) is 0 Å². The molecule has 3 heteroatoms. The fraction of sp³-hybridized carbons (Fsp3) is 0.650. The van der Waals surface area contributed by atoms with Crippen molar-refractivity contribution in [2.24, 2.45) is 5.92 Å². The van der Waals surface area contributed by atoms with E-state index in [9.17, 15) is 4.79 Å². The highest BCUT2D eigenvalue weighted by Gasteiger charge is 2.39. The highest BCUT2D eigenvalue weighted by atomic mass is 16.6. The van der Waals surface area contributed by atoms with Gasteiger partial charge in [-0.1, -0.05) is 69.9 Å². The number of carbonyl (C=O) groups excluding carboxylic acids is 1. The number of cyclic esters (lactones) is 1. The van der Waals surface area contributed by atoms with E-state index in [2.05, 4.69) is 20.8 Å². The van der Waals surface area contributed by atoms with Gasteiger partial charge in [-0.05, 0) is 31.2 Å². The SMILES string of the molecule is CCCCC[C@@H](C)CCCN1C(=O)O[C@@H](c2ccccc2)[C@H]1C. The first-order valence-electron chi connectivity index (χ1n) is 9.15. The van der Waals surface area contributed by atoms with E-state index in [4.69, 9.17) is 4.74 Å². The molecule has 1 saturated heterocycles. The van der Waals surface area contributed by atoms with Crippen LogP contribution in [0.1, 0.15) is 71.0 Å². The molecule has 0 aromatic heterocycles. The van der Waals surface area contributed by atoms with Crippen LogP contribution in [0, 0.1) is 5.92 Å². The number of nitrogens with zero attached hydrogens (tertiary/aromatic N) is 1. The van der Waals surface area contributed by atoms with Crippen LogP contribution in [0.3, 0.4) is 0 Å². The third-order valence-electron chi connectivity index (χ3n) is 4.92. The second-order valence-electron chi connectivity index (χ2n) is 6.89. The van der Waals surface area contributed by atoms with Crippen LogP contribution in [0.15, 0.2) is 30.3 Å². The molecule has 1 aliphatic heterocycles. The minimum absolute atomic E-state index is 0.111. The topological polar surface area (TPSA) is 29.5 Å². The van der Waals surface area contributed by atoms with E-state index < -0.39 is 0 Å². The Morgan fingerprint density at radius 3 is 2.52 bits per heavy atom. The molecule has 128 valence electrons. The van der Waals surface area contributed by atoms with Gasteiger partial charge >= 0.3 is 6.09 Å². The van der Waals surface area contributed by atoms with Crippen LogP contribution in [-0.4, -0.2) is 23.6 Å². The second-order valence-corrected chi connectivity index (χ2v) is 6.89. The van der Waals surface area contributed by atoms with E-state index >= 15 is 0 Å². The molecule has 3 nitrogen and oxygen atoms in total. The van der Waals surface area contributed by atoms with Crippen LogP contribution in [-0.2, 0) is 4.74 Å². The second kappa shape index (κ2) is 8.95. The van der Waals surface area contributed by atoms with Crippen molar-refractivity contribution in [2.45, 2.75) is 71.4 Å². The number of hydrogen-bond acceptors (Lipinski definition) is 2. The summed E-state index contributed by atoms with van der Waals surface area (Å²) < 4.78 is 5.60. The lowest BCUT2D eigenvalue weighted by molar-refractivity contribution is 0.130. The molecule has 0 N–H and O–H groups in total. The molecule has 1 heterocycles. The normalized spacial score (nSPS) is 22.2. The Bertz CT molecular complexity index is 474. The molecule has 0 unspecified atom stereocenters. The molecule has 23 heavy (non-hydrogen) atoms. The third-order valence-corrected chi connectivity index (χ3v) is 4.92. The van der Waals surface area contributed by atoms with Crippen molar-refractivity contribution < 1.29 is 9.53 Å². The lowest BCUT2D eigenvalue weighted by Crippen LogP contribution is -2.33. The molecule has 0 aliphatic carbocycles. The summed E-state index contributed by atoms with van der Waals surface area (Å²) in [6.45, 7) is 7.47. The van der Waals surface area contributed by atoms with Gasteiger partial charge in [-0.2, -0.15) is 0 Å². The summed E-state index contributed by atoms with van der Waals surface area (Å²) in [5.74, 6) is 0.750. The lowest BCUT2D eigenvalue weighted by atomic mass is 9.98. The predicted molar refractivity (Wildman–Crippen MR) is 94.4 cm³/mol. The van der Waals surface area contributed by atoms with Gasteiger partial charge < -0.3 is 9.64 Å². The van der Waals surface area contributed by atoms with Gasteiger partial charge in [-0.15, -0.1) is 0 Å². The van der Waals surface area contributed by atoms with E-state index in [0.717, 1.165) is 24.4 Å². The van der Waals surface area contributed by atoms with Gasteiger partial charge in [0.15, 0.2) is 0 Å². The molecule has 1 aromatic carbocycles. The van der Waals surface area contributed by atoms with Gasteiger partial charge in [0.2, 0.25) is 0 Å². The molecule has 1 fully saturated rings. The minimum atomic E-state index is -0.162. The molecule has 2 rings (SSSR count). The smallest absolute Gasteiger partial charge is 0.410 e. The van der Waals surface area contributed by atoms with E-state index in [1.165, 1.54) is 32.1 Å². The first-order chi connectivity index (χ1) is 11.1. The van der Waals surface area contributed by atoms with Crippen molar-refractivity contribution >= 4 is 6.09 Å². The minimum Gasteiger partial charge on any atom is -0.439 e. The number of unbranched alkanes of at least 4 members (excludes halogenated alkanes) is 2. The zero-order valence-electron chi connectivity index (χ0n) is 14.8. The highest BCUT2D eigenvalue weighted by molar-refractivity contribution is 5.71. The summed E-state index contributed by atoms with van der Waals surface area (Å²) in [7, 11) is 0. The van der Waals surface area contributed by atoms with Crippen molar-refractivity contribution in [3.05, 3.63) is 35.9 Å². The van der Waals surface area contributed by atoms with Gasteiger partial charge in [0.1, 0.15) is 6.10 Å². The van der Waals surface area contributed by atoms with Crippen LogP contribution in [0.4, 0.5) is 4.79 Å². The Hall–Kier alpha value is -1.51. The summed E-state index contributed by atoms with van der Waals surface area (Å²) in [4.78, 5) is 14.1. The zero-order valence-corrected chi connectivity index (χ0v) is 14.8. The van der Waals surface area contributed by atoms with Gasteiger partial charge in [-0.3, -0.25) is 0 Å². The summed E-state index contributed by atoms with van der Waals surface area (Å²) in [5, 5.41) is 0. The van der Waals surface area contributed by atoms with Gasteiger partial charge in [0.25, 0.3) is 0 Å². The summed E-state index contributed by atoms with van der Waals surface area (Å²) >= 11 is 0. The summed E-state index contributed by atoms with van der Waals surface area (Å²) in [6, 6.07) is 10.2. The number of rotatable bonds is 9. The number of amides is 1. The quantitative estimate of drug-likeness (QED) is 0.558. The zero-order chi connectivity index (χ0) is 16.7. The maximum absolute atomic E-state index is 12.2. The van der Waals surface area contributed by atoms with Gasteiger partial charge in [0.05, 0.1) is 6.04 Å². The maximum Gasteiger partial charge on any atom is 0.410 e. The third kappa shape index (κ3) is 4.98. The van der Waals surface area contributed by atoms with E-state index in [0.29, 0.717) is 0 Å². The number of hydrogen-bond donors (Lipinski definition) is 0. The molecule has 1 amide bonds. The van der Waals surface area contributed by atoms with Crippen molar-refractivity contribution in [2.75, 3.05) is 6.54 Å². The molecule has 0 bridgehead atoms. The largest absolute Gasteiger partial charge is 0.439 e. The summed E-state index contributed by atoms with van der Waals surface area (Å²) in [6.07, 6.45) is 7.21. The van der Waals surface area contributed by atoms with Crippen LogP contribution >= 0.6 is 0 Å². The van der Waals surface area contributed by atoms with Crippen LogP contribution in [0.25, 0.3) is 0 Å². The molecule has 0 spiro atoms. The Labute approximate surface area is 141 Å². The number of carbonyl (C=O) groups is 1. The number of ether oxygens (including phenoxy) is 1.